The van der Waals surface area contributed by atoms with E-state index in [4.69, 9.17) is 0 Å². The second-order valence-corrected chi connectivity index (χ2v) is 6.02. The topological polar surface area (TPSA) is 15.3 Å². The molecule has 2 heteroatoms. The van der Waals surface area contributed by atoms with Crippen molar-refractivity contribution in [3.05, 3.63) is 0 Å². The summed E-state index contributed by atoms with van der Waals surface area (Å²) in [6, 6.07) is 1.56. The fraction of sp³-hybridized carbons (Fsp3) is 1.00. The quantitative estimate of drug-likeness (QED) is 0.792. The van der Waals surface area contributed by atoms with Gasteiger partial charge in [-0.25, -0.2) is 0 Å². The number of likely N-dealkylation sites (N-methyl/N-ethyl adjacent to an activating group) is 1. The first-order valence-corrected chi connectivity index (χ1v) is 7.13. The third kappa shape index (κ3) is 2.60. The molecule has 0 radical (unpaired) electrons. The van der Waals surface area contributed by atoms with Gasteiger partial charge in [0.2, 0.25) is 0 Å². The minimum Gasteiger partial charge on any atom is -0.315 e. The van der Waals surface area contributed by atoms with Crippen molar-refractivity contribution in [3.63, 3.8) is 0 Å². The Morgan fingerprint density at radius 3 is 2.38 bits per heavy atom. The van der Waals surface area contributed by atoms with Crippen molar-refractivity contribution < 1.29 is 0 Å². The van der Waals surface area contributed by atoms with Crippen LogP contribution in [-0.4, -0.2) is 37.1 Å². The van der Waals surface area contributed by atoms with Gasteiger partial charge in [-0.05, 0) is 64.1 Å². The van der Waals surface area contributed by atoms with Gasteiger partial charge >= 0.3 is 0 Å². The number of likely N-dealkylation sites (tertiary alicyclic amines) is 1. The molecule has 94 valence electrons. The van der Waals surface area contributed by atoms with Gasteiger partial charge in [0.05, 0.1) is 0 Å². The molecule has 1 saturated carbocycles. The third-order valence-electron chi connectivity index (χ3n) is 4.78. The molecule has 0 amide bonds. The first kappa shape index (κ1) is 12.4. The fourth-order valence-electron chi connectivity index (χ4n) is 3.60. The number of nitrogens with one attached hydrogen (secondary N) is 1. The number of hydrogen-bond acceptors (Lipinski definition) is 2. The van der Waals surface area contributed by atoms with E-state index >= 15 is 0 Å². The molecule has 1 heterocycles. The van der Waals surface area contributed by atoms with E-state index in [-0.39, 0.29) is 0 Å². The highest BCUT2D eigenvalue weighted by molar-refractivity contribution is 4.92. The molecule has 2 nitrogen and oxygen atoms in total. The summed E-state index contributed by atoms with van der Waals surface area (Å²) in [7, 11) is 2.14. The van der Waals surface area contributed by atoms with Crippen LogP contribution < -0.4 is 5.32 Å². The largest absolute Gasteiger partial charge is 0.315 e. The predicted octanol–water partition coefficient (Wildman–Crippen LogP) is 2.49. The van der Waals surface area contributed by atoms with E-state index in [1.807, 2.05) is 0 Å². The van der Waals surface area contributed by atoms with Crippen LogP contribution in [0.3, 0.4) is 0 Å². The van der Waals surface area contributed by atoms with Crippen LogP contribution in [0.15, 0.2) is 0 Å². The Kier molecular flexibility index (Phi) is 4.26. The van der Waals surface area contributed by atoms with Crippen LogP contribution in [0.5, 0.6) is 0 Å². The van der Waals surface area contributed by atoms with Crippen molar-refractivity contribution in [1.29, 1.82) is 0 Å². The molecule has 2 rings (SSSR count). The molecular formula is C14H28N2. The van der Waals surface area contributed by atoms with Crippen molar-refractivity contribution >= 4 is 0 Å². The van der Waals surface area contributed by atoms with Gasteiger partial charge in [-0.15, -0.1) is 0 Å². The predicted molar refractivity (Wildman–Crippen MR) is 69.6 cm³/mol. The first-order chi connectivity index (χ1) is 7.72. The van der Waals surface area contributed by atoms with Gasteiger partial charge in [0, 0.05) is 12.1 Å². The smallest absolute Gasteiger partial charge is 0.0251 e. The lowest BCUT2D eigenvalue weighted by Crippen LogP contribution is -2.52. The Morgan fingerprint density at radius 1 is 1.12 bits per heavy atom. The summed E-state index contributed by atoms with van der Waals surface area (Å²) in [5.41, 5.74) is 0. The van der Waals surface area contributed by atoms with Crippen LogP contribution in [0, 0.1) is 11.8 Å². The summed E-state index contributed by atoms with van der Waals surface area (Å²) < 4.78 is 0. The fourth-order valence-corrected chi connectivity index (χ4v) is 3.60. The highest BCUT2D eigenvalue weighted by atomic mass is 15.2. The van der Waals surface area contributed by atoms with Crippen molar-refractivity contribution in [3.8, 4) is 0 Å². The molecule has 2 aliphatic rings. The summed E-state index contributed by atoms with van der Waals surface area (Å²) in [6.45, 7) is 7.47. The van der Waals surface area contributed by atoms with E-state index in [0.29, 0.717) is 0 Å². The Labute approximate surface area is 101 Å². The van der Waals surface area contributed by atoms with E-state index in [2.05, 4.69) is 31.1 Å². The molecule has 0 aromatic heterocycles. The van der Waals surface area contributed by atoms with Crippen LogP contribution in [0.2, 0.25) is 0 Å². The summed E-state index contributed by atoms with van der Waals surface area (Å²) >= 11 is 0. The van der Waals surface area contributed by atoms with Gasteiger partial charge in [-0.2, -0.15) is 0 Å². The minimum absolute atomic E-state index is 0.744. The van der Waals surface area contributed by atoms with Crippen LogP contribution in [0.4, 0.5) is 0 Å². The van der Waals surface area contributed by atoms with E-state index < -0.39 is 0 Å². The number of nitrogens with zero attached hydrogens (tertiary/aromatic N) is 1. The maximum atomic E-state index is 3.55. The zero-order valence-corrected chi connectivity index (χ0v) is 11.2. The standard InChI is InChI=1S/C14H28N2/c1-11(2)12-6-7-13(15-3)14(10-12)16-8-4-5-9-16/h11-15H,4-10H2,1-3H3. The molecule has 0 bridgehead atoms. The lowest BCUT2D eigenvalue weighted by Gasteiger charge is -2.42. The van der Waals surface area contributed by atoms with E-state index in [1.54, 1.807) is 0 Å². The second kappa shape index (κ2) is 5.50. The van der Waals surface area contributed by atoms with Crippen molar-refractivity contribution in [2.24, 2.45) is 11.8 Å². The minimum atomic E-state index is 0.744. The van der Waals surface area contributed by atoms with E-state index in [9.17, 15) is 0 Å². The zero-order chi connectivity index (χ0) is 11.5. The Bertz CT molecular complexity index is 207. The van der Waals surface area contributed by atoms with Crippen LogP contribution in [0.25, 0.3) is 0 Å². The molecular weight excluding hydrogens is 196 g/mol. The molecule has 0 aromatic carbocycles. The first-order valence-electron chi connectivity index (χ1n) is 7.13. The molecule has 16 heavy (non-hydrogen) atoms. The van der Waals surface area contributed by atoms with Crippen molar-refractivity contribution in [2.75, 3.05) is 20.1 Å². The molecule has 1 aliphatic heterocycles. The highest BCUT2D eigenvalue weighted by Crippen LogP contribution is 2.33. The van der Waals surface area contributed by atoms with Gasteiger partial charge < -0.3 is 5.32 Å². The molecule has 3 atom stereocenters. The number of rotatable bonds is 3. The van der Waals surface area contributed by atoms with Crippen LogP contribution in [0.1, 0.15) is 46.0 Å². The summed E-state index contributed by atoms with van der Waals surface area (Å²) in [6.07, 6.45) is 7.05. The lowest BCUT2D eigenvalue weighted by molar-refractivity contribution is 0.105. The Hall–Kier alpha value is -0.0800. The molecule has 1 aliphatic carbocycles. The summed E-state index contributed by atoms with van der Waals surface area (Å²) in [4.78, 5) is 2.75. The zero-order valence-electron chi connectivity index (χ0n) is 11.2. The van der Waals surface area contributed by atoms with E-state index in [1.165, 1.54) is 45.2 Å². The lowest BCUT2D eigenvalue weighted by atomic mass is 9.76. The molecule has 1 saturated heterocycles. The van der Waals surface area contributed by atoms with Gasteiger partial charge in [-0.1, -0.05) is 13.8 Å². The molecule has 0 aromatic rings. The number of hydrogen-bond donors (Lipinski definition) is 1. The Morgan fingerprint density at radius 2 is 1.81 bits per heavy atom. The summed E-state index contributed by atoms with van der Waals surface area (Å²) in [5, 5.41) is 3.55. The molecule has 1 N–H and O–H groups in total. The van der Waals surface area contributed by atoms with Gasteiger partial charge in [-0.3, -0.25) is 4.90 Å². The Balaban J connectivity index is 1.98. The second-order valence-electron chi connectivity index (χ2n) is 6.02. The third-order valence-corrected chi connectivity index (χ3v) is 4.78. The molecule has 0 spiro atoms. The average molecular weight is 224 g/mol. The van der Waals surface area contributed by atoms with Crippen LogP contribution in [-0.2, 0) is 0 Å². The van der Waals surface area contributed by atoms with Gasteiger partial charge in [0.25, 0.3) is 0 Å². The normalized spacial score (nSPS) is 37.1. The monoisotopic (exact) mass is 224 g/mol. The van der Waals surface area contributed by atoms with Gasteiger partial charge in [0.15, 0.2) is 0 Å². The van der Waals surface area contributed by atoms with Crippen molar-refractivity contribution in [2.45, 2.75) is 58.0 Å². The van der Waals surface area contributed by atoms with Crippen molar-refractivity contribution in [1.82, 2.24) is 10.2 Å². The average Bonchev–Trinajstić information content (AvgIpc) is 2.81. The highest BCUT2D eigenvalue weighted by Gasteiger charge is 2.35. The summed E-state index contributed by atoms with van der Waals surface area (Å²) in [5.74, 6) is 1.82. The van der Waals surface area contributed by atoms with Crippen LogP contribution >= 0.6 is 0 Å². The molecule has 2 fully saturated rings. The van der Waals surface area contributed by atoms with Gasteiger partial charge in [0.1, 0.15) is 0 Å². The molecule has 3 unspecified atom stereocenters. The SMILES string of the molecule is CNC1CCC(C(C)C)CC1N1CCCC1. The maximum absolute atomic E-state index is 3.55. The maximum Gasteiger partial charge on any atom is 0.0251 e. The van der Waals surface area contributed by atoms with E-state index in [0.717, 1.165) is 23.9 Å².